The van der Waals surface area contributed by atoms with Crippen molar-refractivity contribution in [3.63, 3.8) is 0 Å². The normalized spacial score (nSPS) is 17.5. The molecule has 0 aliphatic carbocycles. The summed E-state index contributed by atoms with van der Waals surface area (Å²) < 4.78 is 39.4. The standard InChI is InChI=1S/C24H27F3N8O/c1-14(2)19-22(36)35-9-4-5-17-20(35)21(33(19)3)31-23(30-17)29-12-15-6-7-16(28-11-15)13-34-10-8-18(32-34)24(25,26)27/h6-8,10-11,14,19H,4-5,9,12-13H2,1-3H3,(H,29,30,31)/t19-/m0/s1. The second kappa shape index (κ2) is 9.07. The van der Waals surface area contributed by atoms with Crippen LogP contribution in [0.4, 0.5) is 30.6 Å². The molecule has 2 aliphatic rings. The fourth-order valence-electron chi connectivity index (χ4n) is 4.79. The topological polar surface area (TPSA) is 92.1 Å². The van der Waals surface area contributed by atoms with Crippen LogP contribution in [0, 0.1) is 5.92 Å². The second-order valence-electron chi connectivity index (χ2n) is 9.47. The molecule has 12 heteroatoms. The number of pyridine rings is 1. The van der Waals surface area contributed by atoms with Crippen LogP contribution in [0.5, 0.6) is 0 Å². The number of hydrogen-bond acceptors (Lipinski definition) is 7. The summed E-state index contributed by atoms with van der Waals surface area (Å²) in [5.74, 6) is 1.47. The van der Waals surface area contributed by atoms with Gasteiger partial charge in [-0.3, -0.25) is 14.5 Å². The molecule has 0 radical (unpaired) electrons. The first-order valence-electron chi connectivity index (χ1n) is 11.9. The maximum Gasteiger partial charge on any atom is 0.435 e. The van der Waals surface area contributed by atoms with E-state index < -0.39 is 11.9 Å². The number of nitrogens with zero attached hydrogens (tertiary/aromatic N) is 7. The Bertz CT molecular complexity index is 1270. The van der Waals surface area contributed by atoms with Crippen LogP contribution in [0.1, 0.15) is 42.9 Å². The smallest absolute Gasteiger partial charge is 0.350 e. The Balaban J connectivity index is 1.30. The van der Waals surface area contributed by atoms with Gasteiger partial charge in [-0.1, -0.05) is 19.9 Å². The van der Waals surface area contributed by atoms with Crippen LogP contribution in [-0.4, -0.2) is 50.3 Å². The summed E-state index contributed by atoms with van der Waals surface area (Å²) in [4.78, 5) is 30.7. The lowest BCUT2D eigenvalue weighted by Gasteiger charge is -2.44. The van der Waals surface area contributed by atoms with Gasteiger partial charge in [-0.2, -0.15) is 23.3 Å². The van der Waals surface area contributed by atoms with Crippen molar-refractivity contribution in [2.75, 3.05) is 28.7 Å². The summed E-state index contributed by atoms with van der Waals surface area (Å²) in [6.45, 7) is 5.31. The molecule has 0 saturated carbocycles. The van der Waals surface area contributed by atoms with E-state index in [2.05, 4.69) is 20.4 Å². The summed E-state index contributed by atoms with van der Waals surface area (Å²) in [7, 11) is 1.90. The minimum Gasteiger partial charge on any atom is -0.350 e. The molecule has 5 rings (SSSR count). The molecular formula is C24H27F3N8O. The summed E-state index contributed by atoms with van der Waals surface area (Å²) in [6, 6.07) is 4.28. The van der Waals surface area contributed by atoms with Crippen LogP contribution in [0.15, 0.2) is 30.6 Å². The van der Waals surface area contributed by atoms with Gasteiger partial charge in [0.1, 0.15) is 11.7 Å². The highest BCUT2D eigenvalue weighted by Gasteiger charge is 2.42. The average molecular weight is 501 g/mol. The van der Waals surface area contributed by atoms with Crippen molar-refractivity contribution in [3.8, 4) is 0 Å². The third-order valence-electron chi connectivity index (χ3n) is 6.50. The number of rotatable bonds is 6. The summed E-state index contributed by atoms with van der Waals surface area (Å²) in [6.07, 6.45) is 0.123. The highest BCUT2D eigenvalue weighted by atomic mass is 19.4. The van der Waals surface area contributed by atoms with Crippen LogP contribution in [0.25, 0.3) is 0 Å². The maximum atomic E-state index is 13.1. The zero-order valence-electron chi connectivity index (χ0n) is 20.2. The highest BCUT2D eigenvalue weighted by molar-refractivity contribution is 6.05. The van der Waals surface area contributed by atoms with Crippen molar-refractivity contribution >= 4 is 23.4 Å². The number of hydrogen-bond donors (Lipinski definition) is 1. The summed E-state index contributed by atoms with van der Waals surface area (Å²) >= 11 is 0. The van der Waals surface area contributed by atoms with E-state index in [1.54, 1.807) is 12.3 Å². The molecule has 0 spiro atoms. The second-order valence-corrected chi connectivity index (χ2v) is 9.47. The Morgan fingerprint density at radius 3 is 2.67 bits per heavy atom. The molecule has 9 nitrogen and oxygen atoms in total. The van der Waals surface area contributed by atoms with Gasteiger partial charge in [-0.25, -0.2) is 4.98 Å². The third-order valence-corrected chi connectivity index (χ3v) is 6.50. The first-order chi connectivity index (χ1) is 17.1. The number of aryl methyl sites for hydroxylation is 1. The van der Waals surface area contributed by atoms with Crippen molar-refractivity contribution in [2.24, 2.45) is 5.92 Å². The number of halogens is 3. The first kappa shape index (κ1) is 24.0. The Morgan fingerprint density at radius 2 is 2.00 bits per heavy atom. The van der Waals surface area contributed by atoms with Gasteiger partial charge >= 0.3 is 6.18 Å². The van der Waals surface area contributed by atoms with E-state index in [4.69, 9.17) is 4.98 Å². The number of nitrogens with one attached hydrogen (secondary N) is 1. The lowest BCUT2D eigenvalue weighted by atomic mass is 9.95. The van der Waals surface area contributed by atoms with Gasteiger partial charge in [0.05, 0.1) is 17.9 Å². The van der Waals surface area contributed by atoms with Crippen molar-refractivity contribution in [3.05, 3.63) is 53.2 Å². The largest absolute Gasteiger partial charge is 0.435 e. The lowest BCUT2D eigenvalue weighted by molar-refractivity contribution is -0.141. The van der Waals surface area contributed by atoms with E-state index in [1.807, 2.05) is 36.8 Å². The minimum atomic E-state index is -4.47. The Labute approximate surface area is 206 Å². The van der Waals surface area contributed by atoms with Crippen molar-refractivity contribution < 1.29 is 18.0 Å². The molecule has 1 amide bonds. The Morgan fingerprint density at radius 1 is 1.19 bits per heavy atom. The third kappa shape index (κ3) is 4.47. The summed E-state index contributed by atoms with van der Waals surface area (Å²) in [5, 5.41) is 6.81. The highest BCUT2D eigenvalue weighted by Crippen LogP contribution is 2.41. The molecule has 0 aromatic carbocycles. The molecule has 0 bridgehead atoms. The van der Waals surface area contributed by atoms with E-state index in [9.17, 15) is 18.0 Å². The number of carbonyl (C=O) groups is 1. The van der Waals surface area contributed by atoms with Gasteiger partial charge in [0.2, 0.25) is 11.9 Å². The Hall–Kier alpha value is -3.70. The molecule has 1 atom stereocenters. The minimum absolute atomic E-state index is 0.0983. The van der Waals surface area contributed by atoms with Crippen molar-refractivity contribution in [1.82, 2.24) is 24.7 Å². The molecule has 0 saturated heterocycles. The van der Waals surface area contributed by atoms with E-state index in [-0.39, 0.29) is 24.4 Å². The van der Waals surface area contributed by atoms with Crippen LogP contribution in [-0.2, 0) is 30.5 Å². The number of likely N-dealkylation sites (N-methyl/N-ethyl adjacent to an activating group) is 1. The van der Waals surface area contributed by atoms with Crippen LogP contribution >= 0.6 is 0 Å². The molecule has 36 heavy (non-hydrogen) atoms. The first-order valence-corrected chi connectivity index (χ1v) is 11.9. The zero-order valence-corrected chi connectivity index (χ0v) is 20.2. The van der Waals surface area contributed by atoms with E-state index >= 15 is 0 Å². The van der Waals surface area contributed by atoms with Gasteiger partial charge in [-0.05, 0) is 36.5 Å². The van der Waals surface area contributed by atoms with E-state index in [0.29, 0.717) is 24.7 Å². The summed E-state index contributed by atoms with van der Waals surface area (Å²) in [5.41, 5.74) is 2.22. The zero-order chi connectivity index (χ0) is 25.6. The molecular weight excluding hydrogens is 473 g/mol. The fraction of sp³-hybridized carbons (Fsp3) is 0.458. The number of aromatic nitrogens is 5. The predicted octanol–water partition coefficient (Wildman–Crippen LogP) is 3.50. The van der Waals surface area contributed by atoms with E-state index in [1.165, 1.54) is 10.9 Å². The van der Waals surface area contributed by atoms with E-state index in [0.717, 1.165) is 41.7 Å². The number of carbonyl (C=O) groups excluding carboxylic acids is 1. The monoisotopic (exact) mass is 500 g/mol. The lowest BCUT2D eigenvalue weighted by Crippen LogP contribution is -2.56. The van der Waals surface area contributed by atoms with Crippen LogP contribution in [0.3, 0.4) is 0 Å². The molecule has 0 fully saturated rings. The van der Waals surface area contributed by atoms with Gasteiger partial charge < -0.3 is 15.1 Å². The van der Waals surface area contributed by atoms with Crippen LogP contribution < -0.4 is 15.1 Å². The number of anilines is 3. The molecule has 190 valence electrons. The average Bonchev–Trinajstić information content (AvgIpc) is 3.31. The van der Waals surface area contributed by atoms with Crippen LogP contribution in [0.2, 0.25) is 0 Å². The maximum absolute atomic E-state index is 13.1. The van der Waals surface area contributed by atoms with Crippen molar-refractivity contribution in [1.29, 1.82) is 0 Å². The number of alkyl halides is 3. The molecule has 2 aliphatic heterocycles. The molecule has 3 aromatic rings. The molecule has 0 unspecified atom stereocenters. The van der Waals surface area contributed by atoms with Gasteiger partial charge in [0, 0.05) is 32.5 Å². The fourth-order valence-corrected chi connectivity index (χ4v) is 4.79. The SMILES string of the molecule is CC(C)[C@H]1C(=O)N2CCCc3nc(NCc4ccc(Cn5ccc(C(F)(F)F)n5)nc4)nc(c32)N1C. The molecule has 3 aromatic heterocycles. The van der Waals surface area contributed by atoms with Crippen molar-refractivity contribution in [2.45, 2.75) is 52.0 Å². The quantitative estimate of drug-likeness (QED) is 0.554. The number of amides is 1. The molecule has 5 heterocycles. The van der Waals surface area contributed by atoms with Gasteiger partial charge in [0.25, 0.3) is 0 Å². The molecule has 1 N–H and O–H groups in total. The van der Waals surface area contributed by atoms with Gasteiger partial charge in [-0.15, -0.1) is 0 Å². The Kier molecular flexibility index (Phi) is 6.05. The van der Waals surface area contributed by atoms with Gasteiger partial charge in [0.15, 0.2) is 11.5 Å². The predicted molar refractivity (Wildman–Crippen MR) is 128 cm³/mol.